The van der Waals surface area contributed by atoms with Gasteiger partial charge in [-0.2, -0.15) is 0 Å². The number of amides is 2. The summed E-state index contributed by atoms with van der Waals surface area (Å²) in [6, 6.07) is 7.62. The summed E-state index contributed by atoms with van der Waals surface area (Å²) in [5, 5.41) is 0.838. The van der Waals surface area contributed by atoms with Crippen molar-refractivity contribution in [2.24, 2.45) is 23.7 Å². The maximum atomic E-state index is 13.1. The number of benzene rings is 1. The number of rotatable bonds is 6. The number of carbonyl (C=O) groups is 3. The number of imide groups is 1. The highest BCUT2D eigenvalue weighted by atomic mass is 35.5. The number of hydrogen-bond donors (Lipinski definition) is 2. The smallest absolute Gasteiger partial charge is 0.340 e. The van der Waals surface area contributed by atoms with Gasteiger partial charge in [0.15, 0.2) is 0 Å². The second kappa shape index (κ2) is 8.28. The van der Waals surface area contributed by atoms with E-state index in [1.807, 2.05) is 24.3 Å². The van der Waals surface area contributed by atoms with Crippen molar-refractivity contribution in [3.8, 4) is 0 Å². The van der Waals surface area contributed by atoms with Crippen molar-refractivity contribution in [1.29, 1.82) is 0 Å². The lowest BCUT2D eigenvalue weighted by molar-refractivity contribution is -0.858. The van der Waals surface area contributed by atoms with Crippen molar-refractivity contribution >= 4 is 28.7 Å². The van der Waals surface area contributed by atoms with E-state index in [2.05, 4.69) is 19.1 Å². The average molecular weight is 446 g/mol. The minimum absolute atomic E-state index is 0. The van der Waals surface area contributed by atoms with Crippen LogP contribution in [0.25, 0.3) is 10.9 Å². The van der Waals surface area contributed by atoms with Crippen molar-refractivity contribution in [2.45, 2.75) is 25.4 Å². The number of hydrogen-bond acceptors (Lipinski definition) is 4. The van der Waals surface area contributed by atoms with E-state index in [1.54, 1.807) is 6.20 Å². The number of aromatic nitrogens is 1. The fourth-order valence-corrected chi connectivity index (χ4v) is 5.85. The number of aromatic amines is 1. The first kappa shape index (κ1) is 21.8. The monoisotopic (exact) mass is 445 g/mol. The van der Waals surface area contributed by atoms with Gasteiger partial charge >= 0.3 is 5.97 Å². The van der Waals surface area contributed by atoms with Gasteiger partial charge < -0.3 is 27.0 Å². The van der Waals surface area contributed by atoms with Gasteiger partial charge in [-0.05, 0) is 24.8 Å². The van der Waals surface area contributed by atoms with Crippen LogP contribution in [0.4, 0.5) is 0 Å². The predicted molar refractivity (Wildman–Crippen MR) is 110 cm³/mol. The van der Waals surface area contributed by atoms with Crippen LogP contribution < -0.4 is 17.3 Å². The van der Waals surface area contributed by atoms with E-state index in [9.17, 15) is 14.4 Å². The summed E-state index contributed by atoms with van der Waals surface area (Å²) >= 11 is 0. The van der Waals surface area contributed by atoms with Crippen LogP contribution >= 0.6 is 0 Å². The number of quaternary nitrogens is 1. The topological polar surface area (TPSA) is 83.9 Å². The molecule has 166 valence electrons. The first-order valence-corrected chi connectivity index (χ1v) is 10.9. The maximum Gasteiger partial charge on any atom is 0.340 e. The standard InChI is InChI=1S/C23H27N3O4.ClH/c1-25(2)8-5-9-26-21(27)19-13-10-15(20(19)22(26)28)18(11-13)30-23(29)16-12-24-17-7-4-3-6-14(16)17;/h3-4,6-7,12-13,15,18-20,24H,5,8-11H2,1-2H3;1H. The van der Waals surface area contributed by atoms with Gasteiger partial charge in [0.2, 0.25) is 11.8 Å². The highest BCUT2D eigenvalue weighted by Crippen LogP contribution is 2.57. The van der Waals surface area contributed by atoms with Crippen LogP contribution in [0.5, 0.6) is 0 Å². The maximum absolute atomic E-state index is 13.1. The molecule has 1 aromatic heterocycles. The van der Waals surface area contributed by atoms with Crippen molar-refractivity contribution in [3.63, 3.8) is 0 Å². The summed E-state index contributed by atoms with van der Waals surface area (Å²) in [4.78, 5) is 44.7. The van der Waals surface area contributed by atoms with E-state index >= 15 is 0 Å². The molecule has 1 aromatic carbocycles. The van der Waals surface area contributed by atoms with Gasteiger partial charge in [-0.3, -0.25) is 14.5 Å². The van der Waals surface area contributed by atoms with E-state index in [4.69, 9.17) is 4.74 Å². The predicted octanol–water partition coefficient (Wildman–Crippen LogP) is -2.13. The Labute approximate surface area is 187 Å². The molecule has 2 aromatic rings. The van der Waals surface area contributed by atoms with Gasteiger partial charge in [0.05, 0.1) is 38.0 Å². The minimum atomic E-state index is -0.357. The largest absolute Gasteiger partial charge is 1.00 e. The van der Waals surface area contributed by atoms with Gasteiger partial charge in [0, 0.05) is 36.0 Å². The third kappa shape index (κ3) is 3.53. The van der Waals surface area contributed by atoms with Crippen molar-refractivity contribution in [1.82, 2.24) is 9.88 Å². The number of fused-ring (bicyclic) bond motifs is 6. The Kier molecular flexibility index (Phi) is 5.83. The minimum Gasteiger partial charge on any atom is -1.00 e. The summed E-state index contributed by atoms with van der Waals surface area (Å²) in [6.07, 6.45) is 3.68. The number of nitrogens with one attached hydrogen (secondary N) is 2. The van der Waals surface area contributed by atoms with Gasteiger partial charge in [-0.15, -0.1) is 0 Å². The second-order valence-electron chi connectivity index (χ2n) is 9.28. The number of para-hydroxylation sites is 1. The summed E-state index contributed by atoms with van der Waals surface area (Å²) < 4.78 is 5.89. The number of halogens is 1. The number of H-pyrrole nitrogens is 1. The molecule has 0 spiro atoms. The third-order valence-electron chi connectivity index (χ3n) is 7.17. The van der Waals surface area contributed by atoms with Crippen molar-refractivity contribution in [2.75, 3.05) is 27.2 Å². The molecule has 2 N–H and O–H groups in total. The zero-order valence-electron chi connectivity index (χ0n) is 17.8. The third-order valence-corrected chi connectivity index (χ3v) is 7.17. The molecule has 1 saturated heterocycles. The summed E-state index contributed by atoms with van der Waals surface area (Å²) in [6.45, 7) is 1.42. The van der Waals surface area contributed by atoms with E-state index in [0.717, 1.165) is 30.3 Å². The Morgan fingerprint density at radius 3 is 2.68 bits per heavy atom. The Balaban J connectivity index is 0.00000231. The molecule has 2 saturated carbocycles. The van der Waals surface area contributed by atoms with E-state index in [-0.39, 0.29) is 60.0 Å². The summed E-state index contributed by atoms with van der Waals surface area (Å²) in [5.74, 6) is -0.853. The van der Waals surface area contributed by atoms with E-state index in [0.29, 0.717) is 18.5 Å². The summed E-state index contributed by atoms with van der Waals surface area (Å²) in [5.41, 5.74) is 1.41. The molecular formula is C23H28ClN3O4. The fraction of sp³-hybridized carbons (Fsp3) is 0.522. The molecule has 0 radical (unpaired) electrons. The number of carbonyl (C=O) groups excluding carboxylic acids is 3. The first-order chi connectivity index (χ1) is 14.5. The highest BCUT2D eigenvalue weighted by Gasteiger charge is 2.64. The SMILES string of the molecule is C[NH+](C)CCCN1C(=O)C2C3CC(OC(=O)c4c[nH]c5ccccc45)C(C3)C2C1=O.[Cl-]. The first-order valence-electron chi connectivity index (χ1n) is 10.9. The van der Waals surface area contributed by atoms with Crippen LogP contribution in [0.1, 0.15) is 29.6 Å². The molecule has 2 bridgehead atoms. The number of likely N-dealkylation sites (tertiary alicyclic amines) is 1. The molecule has 1 aliphatic heterocycles. The zero-order chi connectivity index (χ0) is 21.0. The Morgan fingerprint density at radius 1 is 1.16 bits per heavy atom. The average Bonchev–Trinajstić information content (AvgIpc) is 3.45. The molecule has 3 fully saturated rings. The molecular weight excluding hydrogens is 418 g/mol. The number of esters is 1. The van der Waals surface area contributed by atoms with Crippen molar-refractivity contribution < 1.29 is 36.4 Å². The van der Waals surface area contributed by atoms with Gasteiger partial charge in [-0.1, -0.05) is 18.2 Å². The Hall–Kier alpha value is -2.38. The Morgan fingerprint density at radius 2 is 1.90 bits per heavy atom. The van der Waals surface area contributed by atoms with Crippen LogP contribution in [-0.4, -0.2) is 61.0 Å². The van der Waals surface area contributed by atoms with Crippen LogP contribution in [0, 0.1) is 23.7 Å². The lowest BCUT2D eigenvalue weighted by Crippen LogP contribution is -3.05. The van der Waals surface area contributed by atoms with Crippen LogP contribution in [0.15, 0.2) is 30.5 Å². The lowest BCUT2D eigenvalue weighted by atomic mass is 9.79. The molecule has 31 heavy (non-hydrogen) atoms. The van der Waals surface area contributed by atoms with Crippen LogP contribution in [-0.2, 0) is 14.3 Å². The van der Waals surface area contributed by atoms with Crippen LogP contribution in [0.3, 0.4) is 0 Å². The van der Waals surface area contributed by atoms with Crippen molar-refractivity contribution in [3.05, 3.63) is 36.0 Å². The highest BCUT2D eigenvalue weighted by molar-refractivity contribution is 6.06. The lowest BCUT2D eigenvalue weighted by Gasteiger charge is -2.28. The van der Waals surface area contributed by atoms with E-state index in [1.165, 1.54) is 9.80 Å². The molecule has 8 heteroatoms. The molecule has 2 amide bonds. The van der Waals surface area contributed by atoms with Gasteiger partial charge in [-0.25, -0.2) is 4.79 Å². The Bertz CT molecular complexity index is 1020. The molecule has 2 aliphatic carbocycles. The van der Waals surface area contributed by atoms with Gasteiger partial charge in [0.25, 0.3) is 0 Å². The molecule has 5 rings (SSSR count). The molecule has 5 atom stereocenters. The summed E-state index contributed by atoms with van der Waals surface area (Å²) in [7, 11) is 4.13. The van der Waals surface area contributed by atoms with E-state index < -0.39 is 0 Å². The molecule has 2 heterocycles. The number of ether oxygens (including phenoxy) is 1. The quantitative estimate of drug-likeness (QED) is 0.393. The fourth-order valence-electron chi connectivity index (χ4n) is 5.85. The normalized spacial score (nSPS) is 29.0. The van der Waals surface area contributed by atoms with Crippen LogP contribution in [0.2, 0.25) is 0 Å². The zero-order valence-corrected chi connectivity index (χ0v) is 18.5. The molecule has 3 aliphatic rings. The second-order valence-corrected chi connectivity index (χ2v) is 9.28. The molecule has 7 nitrogen and oxygen atoms in total. The van der Waals surface area contributed by atoms with Gasteiger partial charge in [0.1, 0.15) is 6.10 Å². The molecule has 5 unspecified atom stereocenters. The number of nitrogens with zero attached hydrogens (tertiary/aromatic N) is 1.